The van der Waals surface area contributed by atoms with Crippen LogP contribution in [0.4, 0.5) is 22.0 Å². The maximum absolute atomic E-state index is 13.6. The molecule has 0 N–H and O–H groups in total. The van der Waals surface area contributed by atoms with Gasteiger partial charge in [-0.3, -0.25) is 0 Å². The van der Waals surface area contributed by atoms with Crippen molar-refractivity contribution in [1.29, 1.82) is 0 Å². The number of rotatable bonds is 2. The van der Waals surface area contributed by atoms with Gasteiger partial charge in [-0.05, 0) is 12.1 Å². The Morgan fingerprint density at radius 1 is 0.909 bits per heavy atom. The van der Waals surface area contributed by atoms with Gasteiger partial charge in [0, 0.05) is 13.1 Å². The number of aromatic nitrogens is 2. The van der Waals surface area contributed by atoms with Crippen LogP contribution in [0.15, 0.2) is 24.5 Å². The van der Waals surface area contributed by atoms with Crippen LogP contribution in [0.5, 0.6) is 11.5 Å². The molecule has 0 saturated carbocycles. The van der Waals surface area contributed by atoms with E-state index >= 15 is 0 Å². The summed E-state index contributed by atoms with van der Waals surface area (Å²) in [7, 11) is 1.68. The molecule has 1 heterocycles. The van der Waals surface area contributed by atoms with E-state index in [4.69, 9.17) is 4.74 Å². The van der Waals surface area contributed by atoms with Gasteiger partial charge in [-0.25, -0.2) is 18.2 Å². The highest BCUT2D eigenvalue weighted by Crippen LogP contribution is 2.33. The van der Waals surface area contributed by atoms with Crippen LogP contribution in [0.2, 0.25) is 0 Å². The molecule has 0 amide bonds. The summed E-state index contributed by atoms with van der Waals surface area (Å²) in [6.45, 7) is 0. The van der Waals surface area contributed by atoms with Crippen molar-refractivity contribution in [3.63, 3.8) is 0 Å². The van der Waals surface area contributed by atoms with Crippen LogP contribution >= 0.6 is 0 Å². The molecular weight excluding hydrogens is 307 g/mol. The molecule has 3 aromatic rings. The average Bonchev–Trinajstić information content (AvgIpc) is 2.89. The van der Waals surface area contributed by atoms with Gasteiger partial charge >= 0.3 is 0 Å². The Kier molecular flexibility index (Phi) is 3.23. The maximum Gasteiger partial charge on any atom is 0.207 e. The van der Waals surface area contributed by atoms with Crippen molar-refractivity contribution >= 4 is 11.0 Å². The number of aryl methyl sites for hydroxylation is 1. The van der Waals surface area contributed by atoms with Crippen LogP contribution in [0, 0.1) is 29.1 Å². The highest BCUT2D eigenvalue weighted by molar-refractivity contribution is 5.77. The average molecular weight is 314 g/mol. The van der Waals surface area contributed by atoms with Crippen LogP contribution in [0.3, 0.4) is 0 Å². The fraction of sp³-hybridized carbons (Fsp3) is 0.0714. The molecule has 0 aliphatic carbocycles. The summed E-state index contributed by atoms with van der Waals surface area (Å²) < 4.78 is 72.8. The van der Waals surface area contributed by atoms with Crippen LogP contribution in [0.25, 0.3) is 11.0 Å². The minimum absolute atomic E-state index is 0.0840. The minimum atomic E-state index is -2.23. The fourth-order valence-electron chi connectivity index (χ4n) is 1.96. The largest absolute Gasteiger partial charge is 0.451 e. The Hall–Kier alpha value is -2.64. The molecule has 3 nitrogen and oxygen atoms in total. The number of halogens is 5. The first kappa shape index (κ1) is 14.3. The van der Waals surface area contributed by atoms with E-state index in [1.54, 1.807) is 11.6 Å². The summed E-state index contributed by atoms with van der Waals surface area (Å²) in [4.78, 5) is 4.03. The predicted octanol–water partition coefficient (Wildman–Crippen LogP) is 4.06. The summed E-state index contributed by atoms with van der Waals surface area (Å²) >= 11 is 0. The first-order valence-corrected chi connectivity index (χ1v) is 6.00. The van der Waals surface area contributed by atoms with E-state index in [1.807, 2.05) is 0 Å². The van der Waals surface area contributed by atoms with Crippen LogP contribution in [0.1, 0.15) is 0 Å². The Labute approximate surface area is 120 Å². The second-order valence-electron chi connectivity index (χ2n) is 4.51. The van der Waals surface area contributed by atoms with Crippen molar-refractivity contribution in [3.05, 3.63) is 53.6 Å². The number of hydrogen-bond donors (Lipinski definition) is 0. The Balaban J connectivity index is 2.10. The Morgan fingerprint density at radius 2 is 1.50 bits per heavy atom. The quantitative estimate of drug-likeness (QED) is 0.405. The fourth-order valence-corrected chi connectivity index (χ4v) is 1.96. The van der Waals surface area contributed by atoms with Gasteiger partial charge in [0.05, 0.1) is 17.4 Å². The van der Waals surface area contributed by atoms with E-state index in [1.165, 1.54) is 24.5 Å². The molecule has 0 atom stereocenters. The zero-order valence-electron chi connectivity index (χ0n) is 11.0. The van der Waals surface area contributed by atoms with Gasteiger partial charge in [-0.1, -0.05) is 0 Å². The molecule has 8 heteroatoms. The first-order valence-electron chi connectivity index (χ1n) is 6.00. The molecule has 22 heavy (non-hydrogen) atoms. The molecule has 0 bridgehead atoms. The van der Waals surface area contributed by atoms with Gasteiger partial charge in [-0.2, -0.15) is 8.78 Å². The van der Waals surface area contributed by atoms with Gasteiger partial charge in [0.25, 0.3) is 0 Å². The van der Waals surface area contributed by atoms with Crippen molar-refractivity contribution in [2.24, 2.45) is 7.05 Å². The SMILES string of the molecule is Cn1cnc2ccc(Oc3c(F)c(F)c(F)c(F)c3F)cc21. The second kappa shape index (κ2) is 4.97. The zero-order chi connectivity index (χ0) is 16.0. The minimum Gasteiger partial charge on any atom is -0.451 e. The maximum atomic E-state index is 13.6. The molecule has 114 valence electrons. The van der Waals surface area contributed by atoms with Crippen LogP contribution in [-0.2, 0) is 7.05 Å². The van der Waals surface area contributed by atoms with Crippen molar-refractivity contribution in [2.45, 2.75) is 0 Å². The van der Waals surface area contributed by atoms with E-state index in [9.17, 15) is 22.0 Å². The van der Waals surface area contributed by atoms with Crippen LogP contribution < -0.4 is 4.74 Å². The molecular formula is C14H7F5N2O. The molecule has 0 aliphatic heterocycles. The second-order valence-corrected chi connectivity index (χ2v) is 4.51. The first-order chi connectivity index (χ1) is 10.4. The van der Waals surface area contributed by atoms with E-state index in [-0.39, 0.29) is 5.75 Å². The normalized spacial score (nSPS) is 11.2. The van der Waals surface area contributed by atoms with E-state index in [0.29, 0.717) is 11.0 Å². The number of imidazole rings is 1. The Bertz CT molecular complexity index is 862. The third-order valence-electron chi connectivity index (χ3n) is 3.09. The summed E-state index contributed by atoms with van der Waals surface area (Å²) in [6, 6.07) is 4.18. The number of hydrogen-bond acceptors (Lipinski definition) is 2. The van der Waals surface area contributed by atoms with Gasteiger partial charge in [0.15, 0.2) is 0 Å². The van der Waals surface area contributed by atoms with E-state index < -0.39 is 34.8 Å². The number of ether oxygens (including phenoxy) is 1. The molecule has 0 spiro atoms. The topological polar surface area (TPSA) is 27.1 Å². The lowest BCUT2D eigenvalue weighted by Crippen LogP contribution is -2.04. The van der Waals surface area contributed by atoms with Crippen molar-refractivity contribution in [2.75, 3.05) is 0 Å². The summed E-state index contributed by atoms with van der Waals surface area (Å²) in [5, 5.41) is 0. The number of fused-ring (bicyclic) bond motifs is 1. The molecule has 0 aliphatic rings. The molecule has 0 unspecified atom stereocenters. The lowest BCUT2D eigenvalue weighted by molar-refractivity contribution is 0.332. The van der Waals surface area contributed by atoms with Gasteiger partial charge in [0.2, 0.25) is 34.8 Å². The molecule has 3 rings (SSSR count). The summed E-state index contributed by atoms with van der Waals surface area (Å²) in [5.74, 6) is -11.8. The van der Waals surface area contributed by atoms with Crippen LogP contribution in [-0.4, -0.2) is 9.55 Å². The van der Waals surface area contributed by atoms with Gasteiger partial charge in [-0.15, -0.1) is 0 Å². The summed E-state index contributed by atoms with van der Waals surface area (Å²) in [6.07, 6.45) is 1.51. The molecule has 0 saturated heterocycles. The zero-order valence-corrected chi connectivity index (χ0v) is 11.0. The number of benzene rings is 2. The van der Waals surface area contributed by atoms with Gasteiger partial charge < -0.3 is 9.30 Å². The van der Waals surface area contributed by atoms with Crippen molar-refractivity contribution in [1.82, 2.24) is 9.55 Å². The standard InChI is InChI=1S/C14H7F5N2O/c1-21-5-20-7-3-2-6(4-8(7)21)22-14-12(18)10(16)9(15)11(17)13(14)19/h2-5H,1H3. The highest BCUT2D eigenvalue weighted by Gasteiger charge is 2.27. The van der Waals surface area contributed by atoms with E-state index in [2.05, 4.69) is 4.98 Å². The predicted molar refractivity (Wildman–Crippen MR) is 67.0 cm³/mol. The summed E-state index contributed by atoms with van der Waals surface area (Å²) in [5.41, 5.74) is 1.16. The van der Waals surface area contributed by atoms with Gasteiger partial charge in [0.1, 0.15) is 5.75 Å². The van der Waals surface area contributed by atoms with E-state index in [0.717, 1.165) is 0 Å². The van der Waals surface area contributed by atoms with Crippen molar-refractivity contribution in [3.8, 4) is 11.5 Å². The smallest absolute Gasteiger partial charge is 0.207 e. The highest BCUT2D eigenvalue weighted by atomic mass is 19.2. The molecule has 0 radical (unpaired) electrons. The molecule has 2 aromatic carbocycles. The third-order valence-corrected chi connectivity index (χ3v) is 3.09. The Morgan fingerprint density at radius 3 is 2.14 bits per heavy atom. The molecule has 0 fully saturated rings. The monoisotopic (exact) mass is 314 g/mol. The molecule has 1 aromatic heterocycles. The lowest BCUT2D eigenvalue weighted by Gasteiger charge is -2.10. The lowest BCUT2D eigenvalue weighted by atomic mass is 10.2. The number of nitrogens with zero attached hydrogens (tertiary/aromatic N) is 2. The third kappa shape index (κ3) is 2.07. The van der Waals surface area contributed by atoms with Crippen molar-refractivity contribution < 1.29 is 26.7 Å².